The van der Waals surface area contributed by atoms with E-state index in [0.29, 0.717) is 5.56 Å². The summed E-state index contributed by atoms with van der Waals surface area (Å²) in [7, 11) is 0. The molecule has 0 aromatic heterocycles. The zero-order valence-corrected chi connectivity index (χ0v) is 14.2. The summed E-state index contributed by atoms with van der Waals surface area (Å²) in [5, 5.41) is 43.2. The van der Waals surface area contributed by atoms with Gasteiger partial charge in [-0.15, -0.1) is 0 Å². The van der Waals surface area contributed by atoms with Gasteiger partial charge in [-0.3, -0.25) is 25.0 Å². The number of nitro benzene ring substituents is 2. The van der Waals surface area contributed by atoms with Crippen LogP contribution in [0.3, 0.4) is 0 Å². The number of nitro groups is 2. The van der Waals surface area contributed by atoms with Crippen molar-refractivity contribution in [1.29, 1.82) is 0 Å². The number of amides is 1. The zero-order chi connectivity index (χ0) is 20.8. The lowest BCUT2D eigenvalue weighted by Crippen LogP contribution is -2.45. The number of carboxylic acids is 1. The highest BCUT2D eigenvalue weighted by Gasteiger charge is 2.30. The number of aliphatic hydroxyl groups excluding tert-OH is 1. The molecular weight excluding hydrogens is 374 g/mol. The molecule has 11 heteroatoms. The molecule has 0 aliphatic heterocycles. The molecule has 1 amide bonds. The molecule has 2 aromatic carbocycles. The van der Waals surface area contributed by atoms with E-state index in [1.165, 1.54) is 42.5 Å². The third kappa shape index (κ3) is 5.08. The van der Waals surface area contributed by atoms with Crippen LogP contribution in [-0.2, 0) is 16.0 Å². The molecule has 0 aliphatic carbocycles. The van der Waals surface area contributed by atoms with Gasteiger partial charge in [0.2, 0.25) is 5.91 Å². The Morgan fingerprint density at radius 1 is 1.00 bits per heavy atom. The van der Waals surface area contributed by atoms with Gasteiger partial charge in [-0.2, -0.15) is 0 Å². The molecule has 2 rings (SSSR count). The quantitative estimate of drug-likeness (QED) is 0.448. The van der Waals surface area contributed by atoms with Gasteiger partial charge < -0.3 is 15.5 Å². The first-order valence-corrected chi connectivity index (χ1v) is 7.87. The highest BCUT2D eigenvalue weighted by atomic mass is 16.6. The van der Waals surface area contributed by atoms with Crippen LogP contribution in [-0.4, -0.2) is 38.0 Å². The third-order valence-corrected chi connectivity index (χ3v) is 3.83. The summed E-state index contributed by atoms with van der Waals surface area (Å²) in [6.45, 7) is 0. The molecule has 0 bridgehead atoms. The normalized spacial score (nSPS) is 12.6. The second-order valence-electron chi connectivity index (χ2n) is 5.78. The van der Waals surface area contributed by atoms with Crippen LogP contribution in [0.5, 0.6) is 0 Å². The number of aliphatic carboxylic acids is 1. The van der Waals surface area contributed by atoms with Crippen molar-refractivity contribution in [1.82, 2.24) is 5.32 Å². The maximum Gasteiger partial charge on any atom is 0.329 e. The summed E-state index contributed by atoms with van der Waals surface area (Å²) in [5.41, 5.74) is -0.138. The summed E-state index contributed by atoms with van der Waals surface area (Å²) in [4.78, 5) is 43.7. The van der Waals surface area contributed by atoms with E-state index in [0.717, 1.165) is 6.07 Å². The summed E-state index contributed by atoms with van der Waals surface area (Å²) < 4.78 is 0. The highest BCUT2D eigenvalue weighted by molar-refractivity contribution is 5.85. The van der Waals surface area contributed by atoms with Gasteiger partial charge in [0.15, 0.2) is 6.04 Å². The van der Waals surface area contributed by atoms with Crippen LogP contribution in [0.4, 0.5) is 11.4 Å². The van der Waals surface area contributed by atoms with Crippen LogP contribution in [0, 0.1) is 20.2 Å². The van der Waals surface area contributed by atoms with E-state index in [-0.39, 0.29) is 23.4 Å². The van der Waals surface area contributed by atoms with Gasteiger partial charge in [0.1, 0.15) is 6.10 Å². The lowest BCUT2D eigenvalue weighted by Gasteiger charge is -2.20. The molecule has 28 heavy (non-hydrogen) atoms. The Balaban J connectivity index is 2.12. The molecule has 0 saturated carbocycles. The molecular formula is C17H15N3O8. The summed E-state index contributed by atoms with van der Waals surface area (Å²) in [6.07, 6.45) is -2.00. The Hall–Kier alpha value is -3.86. The minimum atomic E-state index is -1.74. The Morgan fingerprint density at radius 2 is 1.61 bits per heavy atom. The van der Waals surface area contributed by atoms with E-state index in [1.807, 2.05) is 0 Å². The first-order chi connectivity index (χ1) is 13.2. The first kappa shape index (κ1) is 20.5. The topological polar surface area (TPSA) is 173 Å². The van der Waals surface area contributed by atoms with Crippen LogP contribution in [0.2, 0.25) is 0 Å². The Morgan fingerprint density at radius 3 is 2.14 bits per heavy atom. The van der Waals surface area contributed by atoms with Crippen molar-refractivity contribution < 1.29 is 29.6 Å². The smallest absolute Gasteiger partial charge is 0.329 e. The lowest BCUT2D eigenvalue weighted by molar-refractivity contribution is -0.385. The van der Waals surface area contributed by atoms with Gasteiger partial charge in [-0.1, -0.05) is 24.3 Å². The number of nitrogens with zero attached hydrogens (tertiary/aromatic N) is 2. The second kappa shape index (κ2) is 8.68. The van der Waals surface area contributed by atoms with Gasteiger partial charge in [0.05, 0.1) is 16.3 Å². The molecule has 0 heterocycles. The predicted molar refractivity (Wildman–Crippen MR) is 94.4 cm³/mol. The van der Waals surface area contributed by atoms with Crippen molar-refractivity contribution in [3.63, 3.8) is 0 Å². The molecule has 146 valence electrons. The Kier molecular flexibility index (Phi) is 6.34. The standard InChI is InChI=1S/C17H15N3O8/c21-14(8-10-4-6-12(7-5-10)19(25)26)18-15(17(23)24)16(22)11-2-1-3-13(9-11)20(27)28/h1-7,9,15-16,22H,8H2,(H,18,21)(H,23,24)/t15-,16-/m0/s1. The SMILES string of the molecule is O=C(Cc1ccc([N+](=O)[O-])cc1)N[C@H](C(=O)O)[C@@H](O)c1cccc([N+](=O)[O-])c1. The van der Waals surface area contributed by atoms with E-state index in [1.54, 1.807) is 0 Å². The number of rotatable bonds is 8. The number of carbonyl (C=O) groups excluding carboxylic acids is 1. The molecule has 2 aromatic rings. The van der Waals surface area contributed by atoms with Gasteiger partial charge in [-0.25, -0.2) is 4.79 Å². The molecule has 0 aliphatic rings. The zero-order valence-electron chi connectivity index (χ0n) is 14.2. The van der Waals surface area contributed by atoms with Crippen LogP contribution in [0.15, 0.2) is 48.5 Å². The van der Waals surface area contributed by atoms with Gasteiger partial charge in [-0.05, 0) is 11.1 Å². The fourth-order valence-electron chi connectivity index (χ4n) is 2.44. The van der Waals surface area contributed by atoms with Crippen molar-refractivity contribution >= 4 is 23.3 Å². The van der Waals surface area contributed by atoms with Crippen molar-refractivity contribution in [2.45, 2.75) is 18.6 Å². The number of benzene rings is 2. The molecule has 2 atom stereocenters. The van der Waals surface area contributed by atoms with E-state index in [4.69, 9.17) is 0 Å². The van der Waals surface area contributed by atoms with E-state index < -0.39 is 33.9 Å². The van der Waals surface area contributed by atoms with E-state index >= 15 is 0 Å². The van der Waals surface area contributed by atoms with Crippen LogP contribution in [0.1, 0.15) is 17.2 Å². The van der Waals surface area contributed by atoms with Crippen molar-refractivity contribution in [3.05, 3.63) is 79.9 Å². The van der Waals surface area contributed by atoms with Crippen molar-refractivity contribution in [2.75, 3.05) is 0 Å². The van der Waals surface area contributed by atoms with E-state index in [9.17, 15) is 40.0 Å². The van der Waals surface area contributed by atoms with Crippen molar-refractivity contribution in [2.24, 2.45) is 0 Å². The summed E-state index contributed by atoms with van der Waals surface area (Å²) in [5.74, 6) is -2.28. The highest BCUT2D eigenvalue weighted by Crippen LogP contribution is 2.22. The maximum atomic E-state index is 12.1. The molecule has 0 unspecified atom stereocenters. The summed E-state index contributed by atoms with van der Waals surface area (Å²) >= 11 is 0. The number of hydrogen-bond acceptors (Lipinski definition) is 7. The van der Waals surface area contributed by atoms with Crippen LogP contribution in [0.25, 0.3) is 0 Å². The predicted octanol–water partition coefficient (Wildman–Crippen LogP) is 1.35. The molecule has 3 N–H and O–H groups in total. The average Bonchev–Trinajstić information content (AvgIpc) is 2.65. The minimum absolute atomic E-state index is 0.0442. The van der Waals surface area contributed by atoms with E-state index in [2.05, 4.69) is 5.32 Å². The number of nitrogens with one attached hydrogen (secondary N) is 1. The van der Waals surface area contributed by atoms with Crippen LogP contribution >= 0.6 is 0 Å². The van der Waals surface area contributed by atoms with Gasteiger partial charge in [0.25, 0.3) is 11.4 Å². The monoisotopic (exact) mass is 389 g/mol. The number of carboxylic acid groups (broad SMARTS) is 1. The first-order valence-electron chi connectivity index (χ1n) is 7.87. The molecule has 0 radical (unpaired) electrons. The Labute approximate surface area is 157 Å². The molecule has 11 nitrogen and oxygen atoms in total. The minimum Gasteiger partial charge on any atom is -0.480 e. The second-order valence-corrected chi connectivity index (χ2v) is 5.78. The van der Waals surface area contributed by atoms with Crippen molar-refractivity contribution in [3.8, 4) is 0 Å². The Bertz CT molecular complexity index is 913. The lowest BCUT2D eigenvalue weighted by atomic mass is 10.0. The molecule has 0 spiro atoms. The third-order valence-electron chi connectivity index (χ3n) is 3.83. The molecule has 0 saturated heterocycles. The fourth-order valence-corrected chi connectivity index (χ4v) is 2.44. The molecule has 0 fully saturated rings. The number of aliphatic hydroxyl groups is 1. The largest absolute Gasteiger partial charge is 0.480 e. The van der Waals surface area contributed by atoms with Gasteiger partial charge >= 0.3 is 5.97 Å². The van der Waals surface area contributed by atoms with Crippen LogP contribution < -0.4 is 5.32 Å². The average molecular weight is 389 g/mol. The number of hydrogen-bond donors (Lipinski definition) is 3. The number of non-ortho nitro benzene ring substituents is 2. The fraction of sp³-hybridized carbons (Fsp3) is 0.176. The van der Waals surface area contributed by atoms with Gasteiger partial charge in [0, 0.05) is 24.3 Å². The summed E-state index contributed by atoms with van der Waals surface area (Å²) in [6, 6.07) is 8.15. The number of carbonyl (C=O) groups is 2. The maximum absolute atomic E-state index is 12.1.